The van der Waals surface area contributed by atoms with E-state index in [0.29, 0.717) is 0 Å². The molecule has 0 unspecified atom stereocenters. The molecule has 0 amide bonds. The van der Waals surface area contributed by atoms with Gasteiger partial charge in [-0.05, 0) is 30.5 Å². The maximum atomic E-state index is 10.5. The van der Waals surface area contributed by atoms with Crippen molar-refractivity contribution >= 4 is 11.7 Å². The summed E-state index contributed by atoms with van der Waals surface area (Å²) in [6.45, 7) is 2.19. The fourth-order valence-corrected chi connectivity index (χ4v) is 2.13. The third-order valence-electron chi connectivity index (χ3n) is 3.12. The van der Waals surface area contributed by atoms with Gasteiger partial charge in [-0.25, -0.2) is 4.79 Å². The quantitative estimate of drug-likeness (QED) is 0.825. The number of hydrogen-bond acceptors (Lipinski definition) is 3. The number of aliphatic hydroxyl groups is 1. The molecule has 92 valence electrons. The second kappa shape index (κ2) is 5.19. The summed E-state index contributed by atoms with van der Waals surface area (Å²) in [7, 11) is 0. The van der Waals surface area contributed by atoms with Crippen molar-refractivity contribution in [3.8, 4) is 0 Å². The number of anilines is 1. The maximum Gasteiger partial charge on any atom is 0.332 e. The van der Waals surface area contributed by atoms with Crippen LogP contribution < -0.4 is 4.90 Å². The van der Waals surface area contributed by atoms with E-state index in [9.17, 15) is 9.90 Å². The van der Waals surface area contributed by atoms with Gasteiger partial charge in [-0.2, -0.15) is 0 Å². The van der Waals surface area contributed by atoms with Crippen LogP contribution in [0.1, 0.15) is 18.4 Å². The van der Waals surface area contributed by atoms with Crippen molar-refractivity contribution in [1.82, 2.24) is 0 Å². The van der Waals surface area contributed by atoms with E-state index in [1.165, 1.54) is 18.5 Å². The van der Waals surface area contributed by atoms with Gasteiger partial charge in [0, 0.05) is 25.2 Å². The molecule has 4 nitrogen and oxygen atoms in total. The van der Waals surface area contributed by atoms with E-state index >= 15 is 0 Å². The van der Waals surface area contributed by atoms with Gasteiger partial charge in [0.2, 0.25) is 0 Å². The molecule has 1 atom stereocenters. The zero-order valence-corrected chi connectivity index (χ0v) is 9.67. The molecule has 2 N–H and O–H groups in total. The number of carboxylic acid groups (broad SMARTS) is 1. The van der Waals surface area contributed by atoms with Gasteiger partial charge in [0.25, 0.3) is 0 Å². The molecule has 1 fully saturated rings. The normalized spacial score (nSPS) is 17.1. The first-order valence-corrected chi connectivity index (χ1v) is 5.91. The number of hydrogen-bond donors (Lipinski definition) is 2. The van der Waals surface area contributed by atoms with E-state index in [4.69, 9.17) is 5.11 Å². The molecule has 1 aromatic rings. The van der Waals surface area contributed by atoms with Crippen molar-refractivity contribution in [2.45, 2.75) is 25.4 Å². The van der Waals surface area contributed by atoms with E-state index in [2.05, 4.69) is 4.90 Å². The number of nitrogens with zero attached hydrogens (tertiary/aromatic N) is 1. The van der Waals surface area contributed by atoms with Crippen molar-refractivity contribution in [2.75, 3.05) is 18.0 Å². The predicted octanol–water partition coefficient (Wildman–Crippen LogP) is 1.27. The Balaban J connectivity index is 2.00. The molecular weight excluding hydrogens is 218 g/mol. The summed E-state index contributed by atoms with van der Waals surface area (Å²) in [5.74, 6) is -1.17. The monoisotopic (exact) mass is 235 g/mol. The molecule has 1 aliphatic rings. The third kappa shape index (κ3) is 2.97. The van der Waals surface area contributed by atoms with Gasteiger partial charge in [-0.1, -0.05) is 12.1 Å². The van der Waals surface area contributed by atoms with Crippen molar-refractivity contribution in [1.29, 1.82) is 0 Å². The van der Waals surface area contributed by atoms with Gasteiger partial charge >= 0.3 is 5.97 Å². The molecule has 0 spiro atoms. The molecule has 0 aliphatic carbocycles. The highest BCUT2D eigenvalue weighted by molar-refractivity contribution is 5.72. The van der Waals surface area contributed by atoms with Gasteiger partial charge in [-0.3, -0.25) is 0 Å². The summed E-state index contributed by atoms with van der Waals surface area (Å²) in [6, 6.07) is 7.77. The summed E-state index contributed by atoms with van der Waals surface area (Å²) in [4.78, 5) is 12.8. The average Bonchev–Trinajstić information content (AvgIpc) is 2.83. The molecule has 0 bridgehead atoms. The Morgan fingerprint density at radius 3 is 2.35 bits per heavy atom. The van der Waals surface area contributed by atoms with Gasteiger partial charge in [-0.15, -0.1) is 0 Å². The van der Waals surface area contributed by atoms with Gasteiger partial charge in [0.1, 0.15) is 0 Å². The van der Waals surface area contributed by atoms with Gasteiger partial charge in [0.05, 0.1) is 0 Å². The Morgan fingerprint density at radius 1 is 1.24 bits per heavy atom. The Hall–Kier alpha value is -1.55. The molecule has 17 heavy (non-hydrogen) atoms. The van der Waals surface area contributed by atoms with E-state index in [0.717, 1.165) is 18.7 Å². The first-order chi connectivity index (χ1) is 8.16. The minimum absolute atomic E-state index is 0.162. The molecule has 1 aromatic carbocycles. The smallest absolute Gasteiger partial charge is 0.332 e. The number of carboxylic acids is 1. The second-order valence-corrected chi connectivity index (χ2v) is 4.42. The fourth-order valence-electron chi connectivity index (χ4n) is 2.13. The van der Waals surface area contributed by atoms with Crippen LogP contribution in [-0.4, -0.2) is 35.4 Å². The van der Waals surface area contributed by atoms with E-state index in [1.54, 1.807) is 0 Å². The number of aliphatic carboxylic acids is 1. The number of aliphatic hydroxyl groups excluding tert-OH is 1. The zero-order chi connectivity index (χ0) is 12.3. The molecular formula is C13H17NO3. The SMILES string of the molecule is O=C(O)[C@H](O)Cc1ccc(N2CCCC2)cc1. The third-order valence-corrected chi connectivity index (χ3v) is 3.12. The standard InChI is InChI=1S/C13H17NO3/c15-12(13(16)17)9-10-3-5-11(6-4-10)14-7-1-2-8-14/h3-6,12,15H,1-2,7-9H2,(H,16,17)/t12-/m1/s1. The summed E-state index contributed by atoms with van der Waals surface area (Å²) < 4.78 is 0. The molecule has 0 aromatic heterocycles. The van der Waals surface area contributed by atoms with Crippen LogP contribution >= 0.6 is 0 Å². The van der Waals surface area contributed by atoms with Crippen LogP contribution in [-0.2, 0) is 11.2 Å². The molecule has 1 aliphatic heterocycles. The average molecular weight is 235 g/mol. The summed E-state index contributed by atoms with van der Waals surface area (Å²) in [5.41, 5.74) is 2.03. The molecule has 0 radical (unpaired) electrons. The van der Waals surface area contributed by atoms with Crippen molar-refractivity contribution in [3.63, 3.8) is 0 Å². The largest absolute Gasteiger partial charge is 0.479 e. The Labute approximate surface area is 100 Å². The number of rotatable bonds is 4. The maximum absolute atomic E-state index is 10.5. The molecule has 2 rings (SSSR count). The fraction of sp³-hybridized carbons (Fsp3) is 0.462. The molecule has 0 saturated carbocycles. The number of benzene rings is 1. The molecule has 1 saturated heterocycles. The first kappa shape index (κ1) is 11.9. The van der Waals surface area contributed by atoms with Gasteiger partial charge in [0.15, 0.2) is 6.10 Å². The van der Waals surface area contributed by atoms with Crippen LogP contribution in [0.5, 0.6) is 0 Å². The van der Waals surface area contributed by atoms with Crippen molar-refractivity contribution in [3.05, 3.63) is 29.8 Å². The Morgan fingerprint density at radius 2 is 1.82 bits per heavy atom. The van der Waals surface area contributed by atoms with Crippen LogP contribution in [0.25, 0.3) is 0 Å². The Kier molecular flexibility index (Phi) is 3.64. The van der Waals surface area contributed by atoms with Crippen LogP contribution in [0.2, 0.25) is 0 Å². The van der Waals surface area contributed by atoms with E-state index in [1.807, 2.05) is 24.3 Å². The summed E-state index contributed by atoms with van der Waals surface area (Å²) >= 11 is 0. The van der Waals surface area contributed by atoms with Crippen molar-refractivity contribution < 1.29 is 15.0 Å². The lowest BCUT2D eigenvalue weighted by atomic mass is 10.1. The second-order valence-electron chi connectivity index (χ2n) is 4.42. The predicted molar refractivity (Wildman–Crippen MR) is 65.2 cm³/mol. The molecule has 4 heteroatoms. The highest BCUT2D eigenvalue weighted by Gasteiger charge is 2.15. The Bertz CT molecular complexity index is 382. The summed E-state index contributed by atoms with van der Waals surface area (Å²) in [6.07, 6.45) is 1.32. The van der Waals surface area contributed by atoms with Gasteiger partial charge < -0.3 is 15.1 Å². The summed E-state index contributed by atoms with van der Waals surface area (Å²) in [5, 5.41) is 17.9. The lowest BCUT2D eigenvalue weighted by Crippen LogP contribution is -2.22. The van der Waals surface area contributed by atoms with Crippen LogP contribution in [0, 0.1) is 0 Å². The first-order valence-electron chi connectivity index (χ1n) is 5.91. The minimum Gasteiger partial charge on any atom is -0.479 e. The number of carbonyl (C=O) groups is 1. The van der Waals surface area contributed by atoms with Crippen LogP contribution in [0.3, 0.4) is 0 Å². The lowest BCUT2D eigenvalue weighted by molar-refractivity contribution is -0.146. The molecule has 1 heterocycles. The highest BCUT2D eigenvalue weighted by Crippen LogP contribution is 2.20. The zero-order valence-electron chi connectivity index (χ0n) is 9.67. The van der Waals surface area contributed by atoms with E-state index in [-0.39, 0.29) is 6.42 Å². The topological polar surface area (TPSA) is 60.8 Å². The van der Waals surface area contributed by atoms with E-state index < -0.39 is 12.1 Å². The van der Waals surface area contributed by atoms with Crippen LogP contribution in [0.4, 0.5) is 5.69 Å². The van der Waals surface area contributed by atoms with Crippen molar-refractivity contribution in [2.24, 2.45) is 0 Å². The highest BCUT2D eigenvalue weighted by atomic mass is 16.4. The lowest BCUT2D eigenvalue weighted by Gasteiger charge is -2.17. The van der Waals surface area contributed by atoms with Crippen LogP contribution in [0.15, 0.2) is 24.3 Å². The minimum atomic E-state index is -1.31.